The number of amidine groups is 1. The number of hydrogen-bond acceptors (Lipinski definition) is 2. The van der Waals surface area contributed by atoms with Gasteiger partial charge in [-0.3, -0.25) is 5.41 Å². The Bertz CT molecular complexity index is 393. The van der Waals surface area contributed by atoms with Gasteiger partial charge in [-0.1, -0.05) is 39.8 Å². The Morgan fingerprint density at radius 3 is 2.59 bits per heavy atom. The zero-order valence-corrected chi connectivity index (χ0v) is 11.1. The minimum atomic E-state index is -0.0479. The van der Waals surface area contributed by atoms with E-state index < -0.39 is 0 Å². The highest BCUT2D eigenvalue weighted by Crippen LogP contribution is 2.25. The third-order valence-electron chi connectivity index (χ3n) is 2.73. The maximum atomic E-state index is 7.31. The van der Waals surface area contributed by atoms with Crippen molar-refractivity contribution in [2.24, 2.45) is 11.7 Å². The van der Waals surface area contributed by atoms with Gasteiger partial charge in [0.1, 0.15) is 5.75 Å². The maximum absolute atomic E-state index is 7.31. The second-order valence-corrected chi connectivity index (χ2v) is 5.45. The van der Waals surface area contributed by atoms with E-state index in [0.29, 0.717) is 6.61 Å². The highest BCUT2D eigenvalue weighted by atomic mass is 16.5. The van der Waals surface area contributed by atoms with Gasteiger partial charge in [0, 0.05) is 5.92 Å². The van der Waals surface area contributed by atoms with Crippen LogP contribution in [0.1, 0.15) is 33.3 Å². The van der Waals surface area contributed by atoms with E-state index >= 15 is 0 Å². The fourth-order valence-corrected chi connectivity index (χ4v) is 1.36. The largest absolute Gasteiger partial charge is 0.493 e. The average Bonchev–Trinajstić information content (AvgIpc) is 2.25. The molecular formula is C14H22N2O. The third kappa shape index (κ3) is 4.10. The molecule has 0 radical (unpaired) electrons. The van der Waals surface area contributed by atoms with Crippen LogP contribution in [0.3, 0.4) is 0 Å². The predicted molar refractivity (Wildman–Crippen MR) is 71.7 cm³/mol. The molecule has 3 heteroatoms. The molecule has 0 aliphatic heterocycles. The third-order valence-corrected chi connectivity index (χ3v) is 2.73. The summed E-state index contributed by atoms with van der Waals surface area (Å²) < 4.78 is 5.64. The van der Waals surface area contributed by atoms with E-state index in [1.165, 1.54) is 5.56 Å². The van der Waals surface area contributed by atoms with Gasteiger partial charge in [-0.05, 0) is 23.1 Å². The lowest BCUT2D eigenvalue weighted by Gasteiger charge is -2.20. The molecule has 0 saturated carbocycles. The zero-order chi connectivity index (χ0) is 13.1. The molecule has 94 valence electrons. The minimum Gasteiger partial charge on any atom is -0.493 e. The lowest BCUT2D eigenvalue weighted by Crippen LogP contribution is -2.25. The van der Waals surface area contributed by atoms with Crippen LogP contribution >= 0.6 is 0 Å². The van der Waals surface area contributed by atoms with Gasteiger partial charge in [-0.2, -0.15) is 0 Å². The normalized spacial score (nSPS) is 13.2. The number of benzene rings is 1. The van der Waals surface area contributed by atoms with Gasteiger partial charge in [0.25, 0.3) is 0 Å². The van der Waals surface area contributed by atoms with E-state index in [9.17, 15) is 0 Å². The Morgan fingerprint density at radius 2 is 2.06 bits per heavy atom. The second-order valence-electron chi connectivity index (χ2n) is 5.45. The van der Waals surface area contributed by atoms with Gasteiger partial charge >= 0.3 is 0 Å². The van der Waals surface area contributed by atoms with Gasteiger partial charge in [0.05, 0.1) is 12.4 Å². The molecule has 0 bridgehead atoms. The van der Waals surface area contributed by atoms with E-state index in [4.69, 9.17) is 15.9 Å². The summed E-state index contributed by atoms with van der Waals surface area (Å²) in [5, 5.41) is 7.31. The molecular weight excluding hydrogens is 212 g/mol. The first-order valence-electron chi connectivity index (χ1n) is 5.88. The molecule has 1 aromatic carbocycles. The van der Waals surface area contributed by atoms with Crippen molar-refractivity contribution in [1.82, 2.24) is 0 Å². The van der Waals surface area contributed by atoms with Crippen LogP contribution in [0.4, 0.5) is 0 Å². The van der Waals surface area contributed by atoms with E-state index in [-0.39, 0.29) is 17.2 Å². The van der Waals surface area contributed by atoms with Crippen LogP contribution in [0.2, 0.25) is 0 Å². The van der Waals surface area contributed by atoms with Gasteiger partial charge in [0.2, 0.25) is 0 Å². The molecule has 0 heterocycles. The Labute approximate surface area is 103 Å². The van der Waals surface area contributed by atoms with Crippen molar-refractivity contribution in [3.05, 3.63) is 29.8 Å². The van der Waals surface area contributed by atoms with E-state index in [1.807, 2.05) is 25.1 Å². The molecule has 1 atom stereocenters. The molecule has 0 spiro atoms. The summed E-state index contributed by atoms with van der Waals surface area (Å²) in [6.07, 6.45) is 0. The topological polar surface area (TPSA) is 59.1 Å². The highest BCUT2D eigenvalue weighted by molar-refractivity contribution is 5.79. The van der Waals surface area contributed by atoms with Crippen molar-refractivity contribution in [1.29, 1.82) is 5.41 Å². The maximum Gasteiger partial charge on any atom is 0.119 e. The predicted octanol–water partition coefficient (Wildman–Crippen LogP) is 2.93. The van der Waals surface area contributed by atoms with Crippen molar-refractivity contribution in [3.8, 4) is 5.75 Å². The Hall–Kier alpha value is -1.51. The standard InChI is InChI=1S/C14H22N2O/c1-10(13(15)16)9-17-12-7-5-6-11(8-12)14(2,3)4/h5-8,10H,9H2,1-4H3,(H3,15,16). The second kappa shape index (κ2) is 5.21. The fourth-order valence-electron chi connectivity index (χ4n) is 1.36. The van der Waals surface area contributed by atoms with Gasteiger partial charge < -0.3 is 10.5 Å². The zero-order valence-electron chi connectivity index (χ0n) is 11.1. The quantitative estimate of drug-likeness (QED) is 0.621. The molecule has 0 amide bonds. The van der Waals surface area contributed by atoms with Crippen molar-refractivity contribution < 1.29 is 4.74 Å². The minimum absolute atomic E-state index is 0.0479. The van der Waals surface area contributed by atoms with Crippen molar-refractivity contribution >= 4 is 5.84 Å². The molecule has 1 rings (SSSR count). The monoisotopic (exact) mass is 234 g/mol. The van der Waals surface area contributed by atoms with Gasteiger partial charge in [-0.25, -0.2) is 0 Å². The molecule has 3 nitrogen and oxygen atoms in total. The molecule has 0 aliphatic rings. The number of nitrogens with two attached hydrogens (primary N) is 1. The Kier molecular flexibility index (Phi) is 4.16. The number of rotatable bonds is 4. The molecule has 1 aromatic rings. The average molecular weight is 234 g/mol. The molecule has 1 unspecified atom stereocenters. The molecule has 0 aromatic heterocycles. The highest BCUT2D eigenvalue weighted by Gasteiger charge is 2.14. The van der Waals surface area contributed by atoms with Crippen LogP contribution in [-0.4, -0.2) is 12.4 Å². The summed E-state index contributed by atoms with van der Waals surface area (Å²) in [6.45, 7) is 8.85. The number of hydrogen-bond donors (Lipinski definition) is 2. The number of nitrogens with one attached hydrogen (secondary N) is 1. The smallest absolute Gasteiger partial charge is 0.119 e. The van der Waals surface area contributed by atoms with Crippen molar-refractivity contribution in [2.45, 2.75) is 33.1 Å². The summed E-state index contributed by atoms with van der Waals surface area (Å²) in [5.41, 5.74) is 6.76. The summed E-state index contributed by atoms with van der Waals surface area (Å²) in [4.78, 5) is 0. The van der Waals surface area contributed by atoms with Crippen molar-refractivity contribution in [3.63, 3.8) is 0 Å². The number of ether oxygens (including phenoxy) is 1. The van der Waals surface area contributed by atoms with Crippen LogP contribution in [0.25, 0.3) is 0 Å². The molecule has 0 aliphatic carbocycles. The van der Waals surface area contributed by atoms with E-state index in [2.05, 4.69) is 26.8 Å². The first-order valence-corrected chi connectivity index (χ1v) is 5.88. The summed E-state index contributed by atoms with van der Waals surface area (Å²) in [7, 11) is 0. The first-order chi connectivity index (χ1) is 7.80. The first kappa shape index (κ1) is 13.6. The molecule has 0 fully saturated rings. The van der Waals surface area contributed by atoms with Crippen LogP contribution in [0, 0.1) is 11.3 Å². The molecule has 17 heavy (non-hydrogen) atoms. The molecule has 3 N–H and O–H groups in total. The summed E-state index contributed by atoms with van der Waals surface area (Å²) in [5.74, 6) is 0.954. The van der Waals surface area contributed by atoms with Gasteiger partial charge in [-0.15, -0.1) is 0 Å². The van der Waals surface area contributed by atoms with E-state index in [1.54, 1.807) is 0 Å². The van der Waals surface area contributed by atoms with Crippen LogP contribution in [0.15, 0.2) is 24.3 Å². The lowest BCUT2D eigenvalue weighted by atomic mass is 9.87. The Balaban J connectivity index is 2.70. The van der Waals surface area contributed by atoms with E-state index in [0.717, 1.165) is 5.75 Å². The van der Waals surface area contributed by atoms with Crippen LogP contribution < -0.4 is 10.5 Å². The summed E-state index contributed by atoms with van der Waals surface area (Å²) >= 11 is 0. The SMILES string of the molecule is CC(COc1cccc(C(C)(C)C)c1)C(=N)N. The fraction of sp³-hybridized carbons (Fsp3) is 0.500. The van der Waals surface area contributed by atoms with Crippen LogP contribution in [-0.2, 0) is 5.41 Å². The van der Waals surface area contributed by atoms with Crippen LogP contribution in [0.5, 0.6) is 5.75 Å². The van der Waals surface area contributed by atoms with Crippen molar-refractivity contribution in [2.75, 3.05) is 6.61 Å². The lowest BCUT2D eigenvalue weighted by molar-refractivity contribution is 0.291. The summed E-state index contributed by atoms with van der Waals surface area (Å²) in [6, 6.07) is 8.07. The molecule has 0 saturated heterocycles. The van der Waals surface area contributed by atoms with Gasteiger partial charge in [0.15, 0.2) is 0 Å². The Morgan fingerprint density at radius 1 is 1.41 bits per heavy atom.